The van der Waals surface area contributed by atoms with Crippen LogP contribution in [-0.2, 0) is 4.74 Å². The molecule has 3 heteroatoms. The van der Waals surface area contributed by atoms with Crippen molar-refractivity contribution in [2.24, 2.45) is 5.92 Å². The Kier molecular flexibility index (Phi) is 4.15. The largest absolute Gasteiger partial charge is 0.493 e. The van der Waals surface area contributed by atoms with Gasteiger partial charge in [0.2, 0.25) is 0 Å². The number of hydrogen-bond acceptors (Lipinski definition) is 3. The van der Waals surface area contributed by atoms with Gasteiger partial charge in [0, 0.05) is 0 Å². The minimum absolute atomic E-state index is 0.00491. The number of ether oxygens (including phenoxy) is 2. The van der Waals surface area contributed by atoms with Gasteiger partial charge < -0.3 is 9.47 Å². The van der Waals surface area contributed by atoms with Gasteiger partial charge in [-0.2, -0.15) is 0 Å². The maximum atomic E-state index is 11.9. The van der Waals surface area contributed by atoms with E-state index in [2.05, 4.69) is 0 Å². The molecule has 0 saturated heterocycles. The van der Waals surface area contributed by atoms with Crippen molar-refractivity contribution < 1.29 is 14.3 Å². The minimum atomic E-state index is -0.00491. The molecule has 0 N–H and O–H groups in total. The predicted molar refractivity (Wildman–Crippen MR) is 65.5 cm³/mol. The minimum Gasteiger partial charge on any atom is -0.493 e. The first-order valence-corrected chi connectivity index (χ1v) is 6.14. The van der Waals surface area contributed by atoms with E-state index in [-0.39, 0.29) is 12.4 Å². The summed E-state index contributed by atoms with van der Waals surface area (Å²) in [6, 6.07) is 7.31. The van der Waals surface area contributed by atoms with E-state index in [1.165, 1.54) is 12.8 Å². The van der Waals surface area contributed by atoms with Crippen LogP contribution in [0, 0.1) is 5.92 Å². The summed E-state index contributed by atoms with van der Waals surface area (Å²) >= 11 is 0. The molecule has 0 unspecified atom stereocenters. The predicted octanol–water partition coefficient (Wildman–Crippen LogP) is 2.69. The average molecular weight is 234 g/mol. The van der Waals surface area contributed by atoms with E-state index in [1.54, 1.807) is 6.07 Å². The van der Waals surface area contributed by atoms with Gasteiger partial charge in [0.1, 0.15) is 12.4 Å². The number of carbonyl (C=O) groups is 1. The third-order valence-corrected chi connectivity index (χ3v) is 2.77. The number of ketones is 1. The molecule has 1 fully saturated rings. The molecule has 2 rings (SSSR count). The van der Waals surface area contributed by atoms with Crippen molar-refractivity contribution in [1.82, 2.24) is 0 Å². The Morgan fingerprint density at radius 1 is 1.35 bits per heavy atom. The molecule has 0 amide bonds. The van der Waals surface area contributed by atoms with Crippen molar-refractivity contribution in [1.29, 1.82) is 0 Å². The summed E-state index contributed by atoms with van der Waals surface area (Å²) in [5.41, 5.74) is 0.616. The maximum absolute atomic E-state index is 11.9. The summed E-state index contributed by atoms with van der Waals surface area (Å²) in [5, 5.41) is 0. The number of para-hydroxylation sites is 1. The highest BCUT2D eigenvalue weighted by atomic mass is 16.5. The van der Waals surface area contributed by atoms with Crippen LogP contribution in [0.4, 0.5) is 0 Å². The Hall–Kier alpha value is -1.35. The Labute approximate surface area is 102 Å². The lowest BCUT2D eigenvalue weighted by molar-refractivity contribution is 0.0736. The quantitative estimate of drug-likeness (QED) is 0.680. The van der Waals surface area contributed by atoms with E-state index in [1.807, 2.05) is 25.1 Å². The Morgan fingerprint density at radius 2 is 2.12 bits per heavy atom. The summed E-state index contributed by atoms with van der Waals surface area (Å²) in [4.78, 5) is 11.9. The van der Waals surface area contributed by atoms with Gasteiger partial charge in [0.25, 0.3) is 0 Å². The second-order valence-corrected chi connectivity index (χ2v) is 4.31. The lowest BCUT2D eigenvalue weighted by atomic mass is 10.1. The Bertz CT molecular complexity index is 383. The highest BCUT2D eigenvalue weighted by Gasteiger charge is 2.22. The van der Waals surface area contributed by atoms with E-state index in [0.717, 1.165) is 0 Å². The summed E-state index contributed by atoms with van der Waals surface area (Å²) in [7, 11) is 0. The zero-order valence-corrected chi connectivity index (χ0v) is 10.1. The smallest absolute Gasteiger partial charge is 0.192 e. The molecule has 1 aliphatic carbocycles. The average Bonchev–Trinajstić information content (AvgIpc) is 3.14. The summed E-state index contributed by atoms with van der Waals surface area (Å²) in [5.74, 6) is 1.33. The van der Waals surface area contributed by atoms with Crippen LogP contribution in [0.5, 0.6) is 5.75 Å². The molecule has 0 heterocycles. The third-order valence-electron chi connectivity index (χ3n) is 2.77. The number of rotatable bonds is 7. The fourth-order valence-corrected chi connectivity index (χ4v) is 1.66. The van der Waals surface area contributed by atoms with Crippen molar-refractivity contribution in [3.8, 4) is 5.75 Å². The first-order chi connectivity index (χ1) is 8.31. The molecule has 0 aliphatic heterocycles. The van der Waals surface area contributed by atoms with Crippen molar-refractivity contribution in [2.75, 3.05) is 19.8 Å². The third kappa shape index (κ3) is 3.56. The topological polar surface area (TPSA) is 35.5 Å². The number of benzene rings is 1. The zero-order chi connectivity index (χ0) is 12.1. The highest BCUT2D eigenvalue weighted by molar-refractivity contribution is 5.99. The molecule has 0 atom stereocenters. The standard InChI is InChI=1S/C14H18O3/c1-2-17-14-6-4-3-5-12(14)13(15)10-16-9-11-7-8-11/h3-6,11H,2,7-10H2,1H3. The normalized spacial score (nSPS) is 14.6. The summed E-state index contributed by atoms with van der Waals surface area (Å²) in [6.45, 7) is 3.33. The maximum Gasteiger partial charge on any atom is 0.192 e. The number of carbonyl (C=O) groups excluding carboxylic acids is 1. The van der Waals surface area contributed by atoms with Crippen molar-refractivity contribution in [3.63, 3.8) is 0 Å². The highest BCUT2D eigenvalue weighted by Crippen LogP contribution is 2.28. The SMILES string of the molecule is CCOc1ccccc1C(=O)COCC1CC1. The van der Waals surface area contributed by atoms with Crippen LogP contribution < -0.4 is 4.74 Å². The van der Waals surface area contributed by atoms with Gasteiger partial charge in [0.15, 0.2) is 5.78 Å². The van der Waals surface area contributed by atoms with E-state index < -0.39 is 0 Å². The molecule has 1 aliphatic rings. The zero-order valence-electron chi connectivity index (χ0n) is 10.1. The Morgan fingerprint density at radius 3 is 2.82 bits per heavy atom. The van der Waals surface area contributed by atoms with Crippen LogP contribution >= 0.6 is 0 Å². The van der Waals surface area contributed by atoms with Gasteiger partial charge in [-0.3, -0.25) is 4.79 Å². The first-order valence-electron chi connectivity index (χ1n) is 6.14. The lowest BCUT2D eigenvalue weighted by Gasteiger charge is -2.09. The first kappa shape index (κ1) is 12.1. The number of Topliss-reactive ketones (excluding diaryl/α,β-unsaturated/α-hetero) is 1. The monoisotopic (exact) mass is 234 g/mol. The van der Waals surface area contributed by atoms with Crippen molar-refractivity contribution in [2.45, 2.75) is 19.8 Å². The molecule has 1 aromatic carbocycles. The summed E-state index contributed by atoms with van der Waals surface area (Å²) < 4.78 is 10.8. The summed E-state index contributed by atoms with van der Waals surface area (Å²) in [6.07, 6.45) is 2.48. The van der Waals surface area contributed by atoms with Crippen LogP contribution in [0.15, 0.2) is 24.3 Å². The van der Waals surface area contributed by atoms with Crippen LogP contribution in [0.1, 0.15) is 30.1 Å². The molecule has 0 bridgehead atoms. The van der Waals surface area contributed by atoms with Crippen LogP contribution in [0.25, 0.3) is 0 Å². The van der Waals surface area contributed by atoms with E-state index in [9.17, 15) is 4.79 Å². The molecular formula is C14H18O3. The van der Waals surface area contributed by atoms with E-state index in [4.69, 9.17) is 9.47 Å². The molecule has 1 aromatic rings. The molecular weight excluding hydrogens is 216 g/mol. The molecule has 0 spiro atoms. The van der Waals surface area contributed by atoms with Crippen LogP contribution in [0.2, 0.25) is 0 Å². The van der Waals surface area contributed by atoms with Gasteiger partial charge in [-0.1, -0.05) is 12.1 Å². The molecule has 1 saturated carbocycles. The lowest BCUT2D eigenvalue weighted by Crippen LogP contribution is -2.12. The molecule has 3 nitrogen and oxygen atoms in total. The Balaban J connectivity index is 1.91. The fraction of sp³-hybridized carbons (Fsp3) is 0.500. The van der Waals surface area contributed by atoms with E-state index in [0.29, 0.717) is 30.4 Å². The van der Waals surface area contributed by atoms with Crippen LogP contribution in [-0.4, -0.2) is 25.6 Å². The van der Waals surface area contributed by atoms with Gasteiger partial charge in [0.05, 0.1) is 18.8 Å². The van der Waals surface area contributed by atoms with Crippen molar-refractivity contribution >= 4 is 5.78 Å². The van der Waals surface area contributed by atoms with Crippen molar-refractivity contribution in [3.05, 3.63) is 29.8 Å². The second-order valence-electron chi connectivity index (χ2n) is 4.31. The number of hydrogen-bond donors (Lipinski definition) is 0. The molecule has 92 valence electrons. The van der Waals surface area contributed by atoms with Gasteiger partial charge >= 0.3 is 0 Å². The second kappa shape index (κ2) is 5.82. The molecule has 17 heavy (non-hydrogen) atoms. The van der Waals surface area contributed by atoms with Gasteiger partial charge in [-0.25, -0.2) is 0 Å². The molecule has 0 radical (unpaired) electrons. The van der Waals surface area contributed by atoms with E-state index >= 15 is 0 Å². The van der Waals surface area contributed by atoms with Gasteiger partial charge in [-0.15, -0.1) is 0 Å². The van der Waals surface area contributed by atoms with Crippen LogP contribution in [0.3, 0.4) is 0 Å². The fourth-order valence-electron chi connectivity index (χ4n) is 1.66. The molecule has 0 aromatic heterocycles. The van der Waals surface area contributed by atoms with Gasteiger partial charge in [-0.05, 0) is 37.8 Å².